The van der Waals surface area contributed by atoms with E-state index in [1.807, 2.05) is 5.38 Å². The first-order valence-corrected chi connectivity index (χ1v) is 7.22. The second-order valence-corrected chi connectivity index (χ2v) is 5.43. The van der Waals surface area contributed by atoms with Crippen LogP contribution in [0.15, 0.2) is 5.38 Å². The van der Waals surface area contributed by atoms with Gasteiger partial charge >= 0.3 is 0 Å². The van der Waals surface area contributed by atoms with Gasteiger partial charge in [-0.3, -0.25) is 14.5 Å². The van der Waals surface area contributed by atoms with Crippen molar-refractivity contribution in [1.29, 1.82) is 0 Å². The smallest absolute Gasteiger partial charge is 0.230 e. The Bertz CT molecular complexity index is 480. The number of thiazole rings is 1. The molecule has 2 saturated heterocycles. The number of anilines is 1. The quantitative estimate of drug-likeness (QED) is 0.760. The van der Waals surface area contributed by atoms with Crippen molar-refractivity contribution in [2.75, 3.05) is 31.2 Å². The summed E-state index contributed by atoms with van der Waals surface area (Å²) in [6, 6.07) is 0. The van der Waals surface area contributed by atoms with E-state index in [9.17, 15) is 9.59 Å². The maximum absolute atomic E-state index is 11.6. The van der Waals surface area contributed by atoms with Crippen molar-refractivity contribution in [3.63, 3.8) is 0 Å². The number of carbonyl (C=O) groups is 2. The summed E-state index contributed by atoms with van der Waals surface area (Å²) in [5.74, 6) is -0.183. The highest BCUT2D eigenvalue weighted by molar-refractivity contribution is 7.13. The zero-order chi connectivity index (χ0) is 13.2. The zero-order valence-electron chi connectivity index (χ0n) is 10.5. The lowest BCUT2D eigenvalue weighted by Gasteiger charge is -2.26. The van der Waals surface area contributed by atoms with Crippen molar-refractivity contribution in [2.24, 2.45) is 0 Å². The van der Waals surface area contributed by atoms with Crippen LogP contribution in [0.4, 0.5) is 5.13 Å². The molecule has 2 amide bonds. The Hall–Kier alpha value is -1.47. The van der Waals surface area contributed by atoms with E-state index >= 15 is 0 Å². The molecule has 0 atom stereocenters. The first-order chi connectivity index (χ1) is 9.24. The first kappa shape index (κ1) is 12.6. The Morgan fingerprint density at radius 1 is 1.21 bits per heavy atom. The standard InChI is InChI=1S/C12H15N3O3S/c16-10-1-2-11(17)15(10)7-9-8-19-12(13-9)14-3-5-18-6-4-14/h8H,1-7H2. The predicted molar refractivity (Wildman–Crippen MR) is 69.9 cm³/mol. The summed E-state index contributed by atoms with van der Waals surface area (Å²) in [5.41, 5.74) is 0.787. The van der Waals surface area contributed by atoms with Gasteiger partial charge in [-0.2, -0.15) is 0 Å². The van der Waals surface area contributed by atoms with Crippen LogP contribution in [0.25, 0.3) is 0 Å². The predicted octanol–water partition coefficient (Wildman–Crippen LogP) is 0.629. The normalized spacial score (nSPS) is 20.4. The van der Waals surface area contributed by atoms with Gasteiger partial charge in [-0.25, -0.2) is 4.98 Å². The van der Waals surface area contributed by atoms with Gasteiger partial charge in [0.05, 0.1) is 25.5 Å². The van der Waals surface area contributed by atoms with Crippen molar-refractivity contribution >= 4 is 28.3 Å². The van der Waals surface area contributed by atoms with Gasteiger partial charge in [0.2, 0.25) is 11.8 Å². The molecule has 2 fully saturated rings. The Labute approximate surface area is 115 Å². The molecule has 2 aliphatic heterocycles. The third kappa shape index (κ3) is 2.62. The lowest BCUT2D eigenvalue weighted by molar-refractivity contribution is -0.139. The molecular weight excluding hydrogens is 266 g/mol. The summed E-state index contributed by atoms with van der Waals surface area (Å²) in [6.45, 7) is 3.43. The second kappa shape index (κ2) is 5.26. The van der Waals surface area contributed by atoms with Gasteiger partial charge < -0.3 is 9.64 Å². The van der Waals surface area contributed by atoms with E-state index in [1.165, 1.54) is 4.90 Å². The minimum absolute atomic E-state index is 0.0917. The summed E-state index contributed by atoms with van der Waals surface area (Å²) in [7, 11) is 0. The molecular formula is C12H15N3O3S. The minimum Gasteiger partial charge on any atom is -0.378 e. The van der Waals surface area contributed by atoms with Crippen LogP contribution >= 0.6 is 11.3 Å². The summed E-state index contributed by atoms with van der Waals surface area (Å²) in [4.78, 5) is 31.1. The van der Waals surface area contributed by atoms with Crippen LogP contribution < -0.4 is 4.90 Å². The molecule has 3 heterocycles. The second-order valence-electron chi connectivity index (χ2n) is 4.59. The number of rotatable bonds is 3. The molecule has 0 aliphatic carbocycles. The number of aromatic nitrogens is 1. The van der Waals surface area contributed by atoms with Gasteiger partial charge in [-0.05, 0) is 0 Å². The van der Waals surface area contributed by atoms with Crippen LogP contribution in [0, 0.1) is 0 Å². The molecule has 0 saturated carbocycles. The lowest BCUT2D eigenvalue weighted by atomic mass is 10.4. The van der Waals surface area contributed by atoms with Crippen molar-refractivity contribution in [3.05, 3.63) is 11.1 Å². The third-order valence-electron chi connectivity index (χ3n) is 3.30. The third-order valence-corrected chi connectivity index (χ3v) is 4.25. The number of hydrogen-bond acceptors (Lipinski definition) is 6. The minimum atomic E-state index is -0.0917. The van der Waals surface area contributed by atoms with E-state index in [2.05, 4.69) is 9.88 Å². The largest absolute Gasteiger partial charge is 0.378 e. The monoisotopic (exact) mass is 281 g/mol. The Morgan fingerprint density at radius 2 is 1.89 bits per heavy atom. The molecule has 102 valence electrons. The average Bonchev–Trinajstić information content (AvgIpc) is 3.02. The summed E-state index contributed by atoms with van der Waals surface area (Å²) >= 11 is 1.55. The Balaban J connectivity index is 1.67. The molecule has 0 aromatic carbocycles. The van der Waals surface area contributed by atoms with Crippen LogP contribution in [0.1, 0.15) is 18.5 Å². The number of carbonyl (C=O) groups excluding carboxylic acids is 2. The molecule has 6 nitrogen and oxygen atoms in total. The highest BCUT2D eigenvalue weighted by atomic mass is 32.1. The van der Waals surface area contributed by atoms with Gasteiger partial charge in [0.1, 0.15) is 0 Å². The van der Waals surface area contributed by atoms with E-state index < -0.39 is 0 Å². The van der Waals surface area contributed by atoms with Crippen LogP contribution in [0.2, 0.25) is 0 Å². The molecule has 0 bridgehead atoms. The highest BCUT2D eigenvalue weighted by Gasteiger charge is 2.29. The van der Waals surface area contributed by atoms with Gasteiger partial charge in [0.25, 0.3) is 0 Å². The molecule has 19 heavy (non-hydrogen) atoms. The van der Waals surface area contributed by atoms with E-state index in [4.69, 9.17) is 4.74 Å². The number of nitrogens with zero attached hydrogens (tertiary/aromatic N) is 3. The van der Waals surface area contributed by atoms with Crippen molar-refractivity contribution in [2.45, 2.75) is 19.4 Å². The number of morpholine rings is 1. The van der Waals surface area contributed by atoms with Gasteiger partial charge in [0, 0.05) is 31.3 Å². The molecule has 0 N–H and O–H groups in total. The van der Waals surface area contributed by atoms with Crippen LogP contribution in [0.5, 0.6) is 0 Å². The van der Waals surface area contributed by atoms with E-state index in [-0.39, 0.29) is 11.8 Å². The fourth-order valence-corrected chi connectivity index (χ4v) is 3.10. The van der Waals surface area contributed by atoms with Crippen molar-refractivity contribution < 1.29 is 14.3 Å². The fourth-order valence-electron chi connectivity index (χ4n) is 2.23. The van der Waals surface area contributed by atoms with Crippen LogP contribution in [-0.2, 0) is 20.9 Å². The molecule has 3 rings (SSSR count). The van der Waals surface area contributed by atoms with E-state index in [0.717, 1.165) is 37.1 Å². The maximum atomic E-state index is 11.6. The summed E-state index contributed by atoms with van der Waals surface area (Å²) in [6.07, 6.45) is 0.665. The topological polar surface area (TPSA) is 62.7 Å². The average molecular weight is 281 g/mol. The molecule has 2 aliphatic rings. The number of ether oxygens (including phenoxy) is 1. The zero-order valence-corrected chi connectivity index (χ0v) is 11.3. The van der Waals surface area contributed by atoms with Crippen LogP contribution in [0.3, 0.4) is 0 Å². The van der Waals surface area contributed by atoms with Crippen molar-refractivity contribution in [1.82, 2.24) is 9.88 Å². The van der Waals surface area contributed by atoms with E-state index in [1.54, 1.807) is 11.3 Å². The molecule has 0 radical (unpaired) electrons. The van der Waals surface area contributed by atoms with E-state index in [0.29, 0.717) is 19.4 Å². The number of amides is 2. The van der Waals surface area contributed by atoms with Gasteiger partial charge in [-0.15, -0.1) is 11.3 Å². The lowest BCUT2D eigenvalue weighted by Crippen LogP contribution is -2.36. The highest BCUT2D eigenvalue weighted by Crippen LogP contribution is 2.23. The van der Waals surface area contributed by atoms with Gasteiger partial charge in [-0.1, -0.05) is 0 Å². The molecule has 7 heteroatoms. The number of likely N-dealkylation sites (tertiary alicyclic amines) is 1. The molecule has 1 aromatic rings. The SMILES string of the molecule is O=C1CCC(=O)N1Cc1csc(N2CCOCC2)n1. The molecule has 0 spiro atoms. The summed E-state index contributed by atoms with van der Waals surface area (Å²) in [5, 5.41) is 2.86. The number of hydrogen-bond donors (Lipinski definition) is 0. The Kier molecular flexibility index (Phi) is 3.48. The summed E-state index contributed by atoms with van der Waals surface area (Å²) < 4.78 is 5.30. The fraction of sp³-hybridized carbons (Fsp3) is 0.583. The number of imide groups is 1. The van der Waals surface area contributed by atoms with Crippen LogP contribution in [-0.4, -0.2) is 48.0 Å². The molecule has 0 unspecified atom stereocenters. The first-order valence-electron chi connectivity index (χ1n) is 6.34. The maximum Gasteiger partial charge on any atom is 0.230 e. The Morgan fingerprint density at radius 3 is 2.58 bits per heavy atom. The van der Waals surface area contributed by atoms with Crippen molar-refractivity contribution in [3.8, 4) is 0 Å². The molecule has 1 aromatic heterocycles. The van der Waals surface area contributed by atoms with Gasteiger partial charge in [0.15, 0.2) is 5.13 Å².